The van der Waals surface area contributed by atoms with Gasteiger partial charge < -0.3 is 4.57 Å². The third kappa shape index (κ3) is 1.86. The zero-order chi connectivity index (χ0) is 12.5. The molecule has 3 rings (SSSR count). The van der Waals surface area contributed by atoms with E-state index in [0.717, 1.165) is 0 Å². The van der Waals surface area contributed by atoms with E-state index in [4.69, 9.17) is 0 Å². The lowest BCUT2D eigenvalue weighted by Gasteiger charge is -2.16. The molecule has 2 heteroatoms. The molecule has 0 amide bonds. The fraction of sp³-hybridized carbons (Fsp3) is 0.533. The minimum atomic E-state index is 0.424. The van der Waals surface area contributed by atoms with Crippen LogP contribution < -0.4 is 0 Å². The first-order chi connectivity index (χ1) is 8.27. The second kappa shape index (κ2) is 4.52. The molecular weight excluding hydrogens is 208 g/mol. The van der Waals surface area contributed by atoms with Crippen molar-refractivity contribution in [2.75, 3.05) is 0 Å². The molecule has 92 valence electrons. The molecule has 0 atom stereocenters. The maximum Gasteiger partial charge on any atom is 0.0519 e. The summed E-state index contributed by atoms with van der Waals surface area (Å²) in [6.07, 6.45) is 10.1. The largest absolute Gasteiger partial charge is 0.341 e. The predicted molar refractivity (Wildman–Crippen MR) is 73.3 cm³/mol. The van der Waals surface area contributed by atoms with Gasteiger partial charge in [-0.1, -0.05) is 20.8 Å². The van der Waals surface area contributed by atoms with Crippen LogP contribution in [0, 0.1) is 6.92 Å². The van der Waals surface area contributed by atoms with Gasteiger partial charge in [0.2, 0.25) is 0 Å². The van der Waals surface area contributed by atoms with E-state index < -0.39 is 0 Å². The van der Waals surface area contributed by atoms with Crippen LogP contribution in [0.5, 0.6) is 0 Å². The lowest BCUT2D eigenvalue weighted by atomic mass is 10.2. The highest BCUT2D eigenvalue weighted by Crippen LogP contribution is 2.48. The summed E-state index contributed by atoms with van der Waals surface area (Å²) in [6, 6.07) is 2.14. The van der Waals surface area contributed by atoms with Crippen molar-refractivity contribution in [3.05, 3.63) is 30.2 Å². The SMILES string of the molecule is CC.CCC1(n2cc(C)c3cnccc32)CC1. The van der Waals surface area contributed by atoms with Gasteiger partial charge in [0.15, 0.2) is 0 Å². The molecule has 1 aliphatic rings. The smallest absolute Gasteiger partial charge is 0.0519 e. The Kier molecular flexibility index (Phi) is 3.23. The highest BCUT2D eigenvalue weighted by molar-refractivity contribution is 5.83. The molecule has 0 spiro atoms. The van der Waals surface area contributed by atoms with Crippen LogP contribution >= 0.6 is 0 Å². The van der Waals surface area contributed by atoms with E-state index in [0.29, 0.717) is 5.54 Å². The van der Waals surface area contributed by atoms with Crippen molar-refractivity contribution in [3.8, 4) is 0 Å². The Bertz CT molecular complexity index is 507. The number of aromatic nitrogens is 2. The molecule has 1 saturated carbocycles. The molecule has 2 heterocycles. The van der Waals surface area contributed by atoms with Crippen LogP contribution in [0.15, 0.2) is 24.7 Å². The van der Waals surface area contributed by atoms with E-state index in [-0.39, 0.29) is 0 Å². The van der Waals surface area contributed by atoms with Crippen LogP contribution in [0.25, 0.3) is 10.9 Å². The number of hydrogen-bond acceptors (Lipinski definition) is 1. The van der Waals surface area contributed by atoms with Crippen LogP contribution in [-0.2, 0) is 5.54 Å². The fourth-order valence-electron chi connectivity index (χ4n) is 2.54. The second-order valence-electron chi connectivity index (χ2n) is 4.65. The molecule has 0 saturated heterocycles. The third-order valence-corrected chi connectivity index (χ3v) is 3.80. The summed E-state index contributed by atoms with van der Waals surface area (Å²) < 4.78 is 2.47. The number of fused-ring (bicyclic) bond motifs is 1. The van der Waals surface area contributed by atoms with E-state index in [1.807, 2.05) is 26.2 Å². The van der Waals surface area contributed by atoms with Crippen molar-refractivity contribution in [2.24, 2.45) is 0 Å². The first kappa shape index (κ1) is 12.2. The Hall–Kier alpha value is -1.31. The zero-order valence-corrected chi connectivity index (χ0v) is 11.3. The van der Waals surface area contributed by atoms with Gasteiger partial charge in [-0.25, -0.2) is 0 Å². The van der Waals surface area contributed by atoms with Crippen LogP contribution in [0.1, 0.15) is 45.6 Å². The Morgan fingerprint density at radius 1 is 1.35 bits per heavy atom. The molecule has 0 aromatic carbocycles. The Balaban J connectivity index is 0.000000514. The molecule has 0 aliphatic heterocycles. The average molecular weight is 230 g/mol. The summed E-state index contributed by atoms with van der Waals surface area (Å²) >= 11 is 0. The second-order valence-corrected chi connectivity index (χ2v) is 4.65. The Morgan fingerprint density at radius 2 is 2.06 bits per heavy atom. The normalized spacial score (nSPS) is 16.5. The van der Waals surface area contributed by atoms with Gasteiger partial charge in [-0.2, -0.15) is 0 Å². The molecule has 2 nitrogen and oxygen atoms in total. The summed E-state index contributed by atoms with van der Waals surface area (Å²) in [5.74, 6) is 0. The van der Waals surface area contributed by atoms with Crippen molar-refractivity contribution in [2.45, 2.75) is 52.5 Å². The standard InChI is InChI=1S/C13H16N2.C2H6/c1-3-13(5-6-13)15-9-10(2)11-8-14-7-4-12(11)15;1-2/h4,7-9H,3,5-6H2,1-2H3;1-2H3. The number of hydrogen-bond donors (Lipinski definition) is 0. The third-order valence-electron chi connectivity index (χ3n) is 3.80. The van der Waals surface area contributed by atoms with E-state index in [2.05, 4.69) is 35.7 Å². The Morgan fingerprint density at radius 3 is 2.65 bits per heavy atom. The van der Waals surface area contributed by atoms with Gasteiger partial charge in [0, 0.05) is 29.5 Å². The summed E-state index contributed by atoms with van der Waals surface area (Å²) in [5, 5.41) is 1.30. The zero-order valence-electron chi connectivity index (χ0n) is 11.3. The van der Waals surface area contributed by atoms with Crippen molar-refractivity contribution in [1.29, 1.82) is 0 Å². The van der Waals surface area contributed by atoms with Gasteiger partial charge in [0.25, 0.3) is 0 Å². The molecule has 0 unspecified atom stereocenters. The van der Waals surface area contributed by atoms with Crippen LogP contribution in [-0.4, -0.2) is 9.55 Å². The molecule has 0 radical (unpaired) electrons. The summed E-state index contributed by atoms with van der Waals surface area (Å²) in [7, 11) is 0. The van der Waals surface area contributed by atoms with Crippen molar-refractivity contribution in [3.63, 3.8) is 0 Å². The minimum Gasteiger partial charge on any atom is -0.341 e. The van der Waals surface area contributed by atoms with E-state index in [1.54, 1.807) is 0 Å². The maximum absolute atomic E-state index is 4.20. The quantitative estimate of drug-likeness (QED) is 0.753. The topological polar surface area (TPSA) is 17.8 Å². The molecule has 2 aromatic heterocycles. The van der Waals surface area contributed by atoms with Gasteiger partial charge in [-0.15, -0.1) is 0 Å². The van der Waals surface area contributed by atoms with Crippen LogP contribution in [0.4, 0.5) is 0 Å². The molecule has 0 N–H and O–H groups in total. The first-order valence-electron chi connectivity index (χ1n) is 6.69. The average Bonchev–Trinajstić information content (AvgIpc) is 3.13. The highest BCUT2D eigenvalue weighted by atomic mass is 15.1. The van der Waals surface area contributed by atoms with E-state index in [1.165, 1.54) is 35.7 Å². The lowest BCUT2D eigenvalue weighted by Crippen LogP contribution is -2.14. The number of nitrogens with zero attached hydrogens (tertiary/aromatic N) is 2. The molecule has 0 bridgehead atoms. The van der Waals surface area contributed by atoms with Crippen molar-refractivity contribution in [1.82, 2.24) is 9.55 Å². The van der Waals surface area contributed by atoms with Crippen LogP contribution in [0.3, 0.4) is 0 Å². The van der Waals surface area contributed by atoms with Gasteiger partial charge in [-0.05, 0) is 37.8 Å². The van der Waals surface area contributed by atoms with Gasteiger partial charge in [0.05, 0.1) is 5.52 Å². The van der Waals surface area contributed by atoms with Crippen molar-refractivity contribution < 1.29 is 0 Å². The monoisotopic (exact) mass is 230 g/mol. The Labute approximate surface area is 104 Å². The van der Waals surface area contributed by atoms with E-state index >= 15 is 0 Å². The first-order valence-corrected chi connectivity index (χ1v) is 6.69. The van der Waals surface area contributed by atoms with Gasteiger partial charge >= 0.3 is 0 Å². The summed E-state index contributed by atoms with van der Waals surface area (Å²) in [5.41, 5.74) is 3.12. The van der Waals surface area contributed by atoms with Crippen LogP contribution in [0.2, 0.25) is 0 Å². The molecule has 17 heavy (non-hydrogen) atoms. The predicted octanol–water partition coefficient (Wildman–Crippen LogP) is 4.27. The van der Waals surface area contributed by atoms with E-state index in [9.17, 15) is 0 Å². The fourth-order valence-corrected chi connectivity index (χ4v) is 2.54. The minimum absolute atomic E-state index is 0.424. The number of pyridine rings is 1. The summed E-state index contributed by atoms with van der Waals surface area (Å²) in [6.45, 7) is 8.46. The van der Waals surface area contributed by atoms with Crippen molar-refractivity contribution >= 4 is 10.9 Å². The summed E-state index contributed by atoms with van der Waals surface area (Å²) in [4.78, 5) is 4.20. The van der Waals surface area contributed by atoms with Gasteiger partial charge in [-0.3, -0.25) is 4.98 Å². The molecule has 1 aliphatic carbocycles. The molecule has 2 aromatic rings. The molecule has 1 fully saturated rings. The number of aryl methyl sites for hydroxylation is 1. The highest BCUT2D eigenvalue weighted by Gasteiger charge is 2.43. The maximum atomic E-state index is 4.20. The lowest BCUT2D eigenvalue weighted by molar-refractivity contribution is 0.480. The number of rotatable bonds is 2. The van der Waals surface area contributed by atoms with Gasteiger partial charge in [0.1, 0.15) is 0 Å². The molecular formula is C15H22N2.